The molecule has 1 aromatic carbocycles. The number of carbonyl (C=O) groups excluding carboxylic acids is 1. The molecule has 1 N–H and O–H groups in total. The molecule has 0 radical (unpaired) electrons. The average molecular weight is 272 g/mol. The van der Waals surface area contributed by atoms with Crippen molar-refractivity contribution in [2.24, 2.45) is 0 Å². The second-order valence-electron chi connectivity index (χ2n) is 5.47. The fourth-order valence-electron chi connectivity index (χ4n) is 1.52. The van der Waals surface area contributed by atoms with Crippen LogP contribution in [-0.4, -0.2) is 18.2 Å². The van der Waals surface area contributed by atoms with Crippen LogP contribution in [0, 0.1) is 18.3 Å². The average Bonchev–Trinajstić information content (AvgIpc) is 2.34. The first-order chi connectivity index (χ1) is 9.31. The van der Waals surface area contributed by atoms with Gasteiger partial charge in [-0.3, -0.25) is 0 Å². The second-order valence-corrected chi connectivity index (χ2v) is 5.47. The molecule has 0 saturated carbocycles. The highest BCUT2D eigenvalue weighted by Gasteiger charge is 2.14. The first kappa shape index (κ1) is 15.8. The number of benzene rings is 1. The molecule has 0 aliphatic rings. The Morgan fingerprint density at radius 3 is 2.75 bits per heavy atom. The molecule has 0 fully saturated rings. The highest BCUT2D eigenvalue weighted by Crippen LogP contribution is 2.11. The van der Waals surface area contributed by atoms with Gasteiger partial charge in [0.15, 0.2) is 0 Å². The van der Waals surface area contributed by atoms with Crippen molar-refractivity contribution in [2.75, 3.05) is 6.54 Å². The van der Waals surface area contributed by atoms with Crippen molar-refractivity contribution in [1.82, 2.24) is 5.32 Å². The number of nitrogens with one attached hydrogen (secondary N) is 1. The third kappa shape index (κ3) is 5.57. The standard InChI is InChI=1S/C16H20N2O2/c1-12-7-8-13(10-14(12)11-17)6-5-9-18-15(19)20-16(2,3)4/h5-8,10H,9H2,1-4H3,(H,18,19). The molecule has 0 aliphatic heterocycles. The Morgan fingerprint density at radius 2 is 2.15 bits per heavy atom. The number of nitriles is 1. The van der Waals surface area contributed by atoms with E-state index in [0.717, 1.165) is 11.1 Å². The van der Waals surface area contributed by atoms with Crippen LogP contribution < -0.4 is 5.32 Å². The molecule has 0 bridgehead atoms. The van der Waals surface area contributed by atoms with E-state index >= 15 is 0 Å². The van der Waals surface area contributed by atoms with Gasteiger partial charge in [0.25, 0.3) is 0 Å². The van der Waals surface area contributed by atoms with Crippen LogP contribution in [0.3, 0.4) is 0 Å². The minimum Gasteiger partial charge on any atom is -0.444 e. The van der Waals surface area contributed by atoms with Crippen LogP contribution in [0.5, 0.6) is 0 Å². The molecule has 0 unspecified atom stereocenters. The maximum Gasteiger partial charge on any atom is 0.407 e. The molecule has 106 valence electrons. The molecule has 0 aliphatic carbocycles. The van der Waals surface area contributed by atoms with Crippen LogP contribution in [0.15, 0.2) is 24.3 Å². The van der Waals surface area contributed by atoms with Crippen LogP contribution in [0.4, 0.5) is 4.79 Å². The summed E-state index contributed by atoms with van der Waals surface area (Å²) in [6, 6.07) is 7.80. The monoisotopic (exact) mass is 272 g/mol. The third-order valence-corrected chi connectivity index (χ3v) is 2.46. The lowest BCUT2D eigenvalue weighted by Gasteiger charge is -2.19. The summed E-state index contributed by atoms with van der Waals surface area (Å²) in [4.78, 5) is 11.4. The predicted molar refractivity (Wildman–Crippen MR) is 79.2 cm³/mol. The lowest BCUT2D eigenvalue weighted by atomic mass is 10.1. The van der Waals surface area contributed by atoms with Crippen molar-refractivity contribution in [3.05, 3.63) is 41.0 Å². The van der Waals surface area contributed by atoms with Crippen molar-refractivity contribution in [3.63, 3.8) is 0 Å². The summed E-state index contributed by atoms with van der Waals surface area (Å²) in [5.41, 5.74) is 2.05. The molecule has 0 aromatic heterocycles. The van der Waals surface area contributed by atoms with Gasteiger partial charge in [-0.2, -0.15) is 5.26 Å². The molecular weight excluding hydrogens is 252 g/mol. The van der Waals surface area contributed by atoms with Gasteiger partial charge < -0.3 is 10.1 Å². The Morgan fingerprint density at radius 1 is 1.45 bits per heavy atom. The number of hydrogen-bond acceptors (Lipinski definition) is 3. The van der Waals surface area contributed by atoms with Gasteiger partial charge in [-0.15, -0.1) is 0 Å². The molecule has 20 heavy (non-hydrogen) atoms. The molecule has 1 rings (SSSR count). The summed E-state index contributed by atoms with van der Waals surface area (Å²) < 4.78 is 5.12. The number of hydrogen-bond donors (Lipinski definition) is 1. The minimum atomic E-state index is -0.494. The molecule has 0 atom stereocenters. The molecule has 4 nitrogen and oxygen atoms in total. The van der Waals surface area contributed by atoms with E-state index in [1.807, 2.05) is 58.0 Å². The third-order valence-electron chi connectivity index (χ3n) is 2.46. The van der Waals surface area contributed by atoms with E-state index < -0.39 is 11.7 Å². The Hall–Kier alpha value is -2.28. The van der Waals surface area contributed by atoms with Crippen molar-refractivity contribution < 1.29 is 9.53 Å². The zero-order chi connectivity index (χ0) is 15.2. The molecule has 0 saturated heterocycles. The highest BCUT2D eigenvalue weighted by molar-refractivity contribution is 5.68. The largest absolute Gasteiger partial charge is 0.444 e. The Kier molecular flexibility index (Phi) is 5.33. The predicted octanol–water partition coefficient (Wildman–Crippen LogP) is 3.40. The van der Waals surface area contributed by atoms with Crippen LogP contribution in [0.2, 0.25) is 0 Å². The normalized spacial score (nSPS) is 11.2. The summed E-state index contributed by atoms with van der Waals surface area (Å²) in [5.74, 6) is 0. The summed E-state index contributed by atoms with van der Waals surface area (Å²) in [7, 11) is 0. The minimum absolute atomic E-state index is 0.380. The Labute approximate surface area is 120 Å². The maximum atomic E-state index is 11.4. The number of rotatable bonds is 3. The lowest BCUT2D eigenvalue weighted by molar-refractivity contribution is 0.0534. The number of amides is 1. The van der Waals surface area contributed by atoms with Crippen molar-refractivity contribution in [1.29, 1.82) is 5.26 Å². The van der Waals surface area contributed by atoms with Gasteiger partial charge in [0.2, 0.25) is 0 Å². The van der Waals surface area contributed by atoms with Crippen LogP contribution in [-0.2, 0) is 4.74 Å². The van der Waals surface area contributed by atoms with Crippen LogP contribution in [0.25, 0.3) is 6.08 Å². The van der Waals surface area contributed by atoms with E-state index in [-0.39, 0.29) is 0 Å². The van der Waals surface area contributed by atoms with E-state index in [2.05, 4.69) is 11.4 Å². The van der Waals surface area contributed by atoms with Gasteiger partial charge in [0.1, 0.15) is 5.60 Å². The fourth-order valence-corrected chi connectivity index (χ4v) is 1.52. The van der Waals surface area contributed by atoms with Gasteiger partial charge in [0, 0.05) is 6.54 Å². The Bertz CT molecular complexity index is 549. The van der Waals surface area contributed by atoms with Crippen molar-refractivity contribution in [2.45, 2.75) is 33.3 Å². The zero-order valence-electron chi connectivity index (χ0n) is 12.4. The van der Waals surface area contributed by atoms with Gasteiger partial charge in [-0.1, -0.05) is 24.3 Å². The SMILES string of the molecule is Cc1ccc(C=CCNC(=O)OC(C)(C)C)cc1C#N. The van der Waals surface area contributed by atoms with Crippen LogP contribution >= 0.6 is 0 Å². The van der Waals surface area contributed by atoms with Crippen LogP contribution in [0.1, 0.15) is 37.5 Å². The van der Waals surface area contributed by atoms with Crippen molar-refractivity contribution in [3.8, 4) is 6.07 Å². The number of aryl methyl sites for hydroxylation is 1. The first-order valence-electron chi connectivity index (χ1n) is 6.46. The highest BCUT2D eigenvalue weighted by atomic mass is 16.6. The zero-order valence-corrected chi connectivity index (χ0v) is 12.4. The van der Waals surface area contributed by atoms with E-state index in [0.29, 0.717) is 12.1 Å². The van der Waals surface area contributed by atoms with Gasteiger partial charge >= 0.3 is 6.09 Å². The smallest absolute Gasteiger partial charge is 0.407 e. The Balaban J connectivity index is 2.50. The quantitative estimate of drug-likeness (QED) is 0.917. The number of carbonyl (C=O) groups is 1. The summed E-state index contributed by atoms with van der Waals surface area (Å²) >= 11 is 0. The molecule has 1 amide bonds. The molecule has 0 spiro atoms. The second kappa shape index (κ2) is 6.76. The summed E-state index contributed by atoms with van der Waals surface area (Å²) in [6.45, 7) is 7.73. The number of ether oxygens (including phenoxy) is 1. The summed E-state index contributed by atoms with van der Waals surface area (Å²) in [5, 5.41) is 11.6. The van der Waals surface area contributed by atoms with Gasteiger partial charge in [-0.05, 0) is 44.9 Å². The first-order valence-corrected chi connectivity index (χ1v) is 6.46. The van der Waals surface area contributed by atoms with E-state index in [4.69, 9.17) is 10.00 Å². The number of nitrogens with zero attached hydrogens (tertiary/aromatic N) is 1. The number of alkyl carbamates (subject to hydrolysis) is 1. The topological polar surface area (TPSA) is 62.1 Å². The molecule has 4 heteroatoms. The van der Waals surface area contributed by atoms with E-state index in [1.54, 1.807) is 0 Å². The molecule has 0 heterocycles. The summed E-state index contributed by atoms with van der Waals surface area (Å²) in [6.07, 6.45) is 3.23. The fraction of sp³-hybridized carbons (Fsp3) is 0.375. The lowest BCUT2D eigenvalue weighted by Crippen LogP contribution is -2.32. The van der Waals surface area contributed by atoms with E-state index in [9.17, 15) is 4.79 Å². The van der Waals surface area contributed by atoms with Gasteiger partial charge in [-0.25, -0.2) is 4.79 Å². The maximum absolute atomic E-state index is 11.4. The molecular formula is C16H20N2O2. The van der Waals surface area contributed by atoms with E-state index in [1.165, 1.54) is 0 Å². The molecule has 1 aromatic rings. The van der Waals surface area contributed by atoms with Gasteiger partial charge in [0.05, 0.1) is 11.6 Å². The van der Waals surface area contributed by atoms with Crippen molar-refractivity contribution >= 4 is 12.2 Å².